The summed E-state index contributed by atoms with van der Waals surface area (Å²) in [5, 5.41) is 3.37. The first-order valence-electron chi connectivity index (χ1n) is 7.43. The maximum atomic E-state index is 13.8. The molecule has 4 nitrogen and oxygen atoms in total. The molecule has 1 unspecified atom stereocenters. The van der Waals surface area contributed by atoms with Crippen molar-refractivity contribution in [3.8, 4) is 0 Å². The molecule has 0 aromatic heterocycles. The molecule has 6 heteroatoms. The summed E-state index contributed by atoms with van der Waals surface area (Å²) in [6.07, 6.45) is 2.40. The minimum atomic E-state index is -2.95. The zero-order valence-corrected chi connectivity index (χ0v) is 13.0. The van der Waals surface area contributed by atoms with Crippen molar-refractivity contribution in [2.75, 3.05) is 23.0 Å². The lowest BCUT2D eigenvalue weighted by atomic mass is 10.1. The molecule has 1 N–H and O–H groups in total. The first-order chi connectivity index (χ1) is 9.93. The van der Waals surface area contributed by atoms with Crippen molar-refractivity contribution in [1.29, 1.82) is 0 Å². The predicted octanol–water partition coefficient (Wildman–Crippen LogP) is 1.70. The number of nitrogens with one attached hydrogen (secondary N) is 1. The fourth-order valence-corrected chi connectivity index (χ4v) is 4.39. The van der Waals surface area contributed by atoms with E-state index in [1.807, 2.05) is 17.9 Å². The maximum absolute atomic E-state index is 13.8. The summed E-state index contributed by atoms with van der Waals surface area (Å²) in [6.45, 7) is 2.97. The van der Waals surface area contributed by atoms with Gasteiger partial charge in [-0.15, -0.1) is 0 Å². The number of hydrogen-bond donors (Lipinski definition) is 1. The van der Waals surface area contributed by atoms with E-state index < -0.39 is 9.84 Å². The molecule has 0 amide bonds. The lowest BCUT2D eigenvalue weighted by Gasteiger charge is -2.35. The normalized spacial score (nSPS) is 25.0. The number of anilines is 1. The Morgan fingerprint density at radius 1 is 1.33 bits per heavy atom. The Morgan fingerprint density at radius 2 is 2.10 bits per heavy atom. The second-order valence-electron chi connectivity index (χ2n) is 6.13. The fraction of sp³-hybridized carbons (Fsp3) is 0.600. The molecule has 1 saturated heterocycles. The number of rotatable bonds is 4. The molecular weight excluding hydrogens is 291 g/mol. The summed E-state index contributed by atoms with van der Waals surface area (Å²) in [4.78, 5) is 1.99. The van der Waals surface area contributed by atoms with E-state index in [1.165, 1.54) is 18.9 Å². The van der Waals surface area contributed by atoms with Gasteiger partial charge in [-0.25, -0.2) is 12.8 Å². The average Bonchev–Trinajstić information content (AvgIpc) is 3.18. The van der Waals surface area contributed by atoms with Crippen molar-refractivity contribution in [3.63, 3.8) is 0 Å². The number of sulfone groups is 1. The van der Waals surface area contributed by atoms with Gasteiger partial charge in [0.1, 0.15) is 5.82 Å². The molecule has 1 atom stereocenters. The first kappa shape index (κ1) is 14.8. The molecule has 116 valence electrons. The molecule has 1 heterocycles. The van der Waals surface area contributed by atoms with Gasteiger partial charge < -0.3 is 10.2 Å². The summed E-state index contributed by atoms with van der Waals surface area (Å²) in [7, 11) is -2.95. The highest BCUT2D eigenvalue weighted by atomic mass is 32.2. The molecule has 0 bridgehead atoms. The molecule has 0 radical (unpaired) electrons. The standard InChI is InChI=1S/C15H21FN2O2S/c1-11-10-21(19,20)5-4-18(11)15-7-12(6-13(16)8-15)9-17-14-2-3-14/h6-8,11,14,17H,2-5,9-10H2,1H3. The zero-order valence-electron chi connectivity index (χ0n) is 12.2. The number of halogens is 1. The second kappa shape index (κ2) is 5.57. The minimum Gasteiger partial charge on any atom is -0.367 e. The van der Waals surface area contributed by atoms with Crippen LogP contribution in [0.5, 0.6) is 0 Å². The van der Waals surface area contributed by atoms with Crippen molar-refractivity contribution < 1.29 is 12.8 Å². The Balaban J connectivity index is 1.77. The minimum absolute atomic E-state index is 0.116. The van der Waals surface area contributed by atoms with Crippen LogP contribution < -0.4 is 10.2 Å². The Labute approximate surface area is 125 Å². The summed E-state index contributed by atoms with van der Waals surface area (Å²) in [5.41, 5.74) is 1.70. The van der Waals surface area contributed by atoms with E-state index in [4.69, 9.17) is 0 Å². The lowest BCUT2D eigenvalue weighted by molar-refractivity contribution is 0.567. The van der Waals surface area contributed by atoms with E-state index in [0.29, 0.717) is 19.1 Å². The lowest BCUT2D eigenvalue weighted by Crippen LogP contribution is -2.47. The van der Waals surface area contributed by atoms with Crippen LogP contribution in [0, 0.1) is 5.82 Å². The highest BCUT2D eigenvalue weighted by Gasteiger charge is 2.28. The third kappa shape index (κ3) is 3.74. The van der Waals surface area contributed by atoms with Crippen LogP contribution >= 0.6 is 0 Å². The summed E-state index contributed by atoms with van der Waals surface area (Å²) >= 11 is 0. The third-order valence-electron chi connectivity index (χ3n) is 4.12. The van der Waals surface area contributed by atoms with Crippen LogP contribution in [0.25, 0.3) is 0 Å². The van der Waals surface area contributed by atoms with Gasteiger partial charge in [0.25, 0.3) is 0 Å². The summed E-state index contributed by atoms with van der Waals surface area (Å²) < 4.78 is 37.1. The molecule has 3 rings (SSSR count). The molecule has 1 aliphatic carbocycles. The molecule has 0 spiro atoms. The molecular formula is C15H21FN2O2S. The van der Waals surface area contributed by atoms with E-state index in [9.17, 15) is 12.8 Å². The molecule has 1 aromatic carbocycles. The smallest absolute Gasteiger partial charge is 0.154 e. The van der Waals surface area contributed by atoms with Gasteiger partial charge in [0, 0.05) is 30.9 Å². The van der Waals surface area contributed by atoms with Crippen LogP contribution in [0.4, 0.5) is 10.1 Å². The predicted molar refractivity (Wildman–Crippen MR) is 81.7 cm³/mol. The summed E-state index contributed by atoms with van der Waals surface area (Å²) in [6, 6.07) is 5.47. The highest BCUT2D eigenvalue weighted by Crippen LogP contribution is 2.25. The van der Waals surface area contributed by atoms with Crippen molar-refractivity contribution >= 4 is 15.5 Å². The molecule has 2 fully saturated rings. The topological polar surface area (TPSA) is 49.4 Å². The second-order valence-corrected chi connectivity index (χ2v) is 8.36. The van der Waals surface area contributed by atoms with E-state index in [-0.39, 0.29) is 23.4 Å². The van der Waals surface area contributed by atoms with E-state index >= 15 is 0 Å². The highest BCUT2D eigenvalue weighted by molar-refractivity contribution is 7.91. The molecule has 21 heavy (non-hydrogen) atoms. The Morgan fingerprint density at radius 3 is 2.76 bits per heavy atom. The van der Waals surface area contributed by atoms with Crippen LogP contribution in [0.2, 0.25) is 0 Å². The maximum Gasteiger partial charge on any atom is 0.154 e. The van der Waals surface area contributed by atoms with Crippen molar-refractivity contribution in [1.82, 2.24) is 5.32 Å². The van der Waals surface area contributed by atoms with Crippen LogP contribution in [-0.2, 0) is 16.4 Å². The Hall–Kier alpha value is -1.14. The quantitative estimate of drug-likeness (QED) is 0.919. The van der Waals surface area contributed by atoms with E-state index in [0.717, 1.165) is 11.3 Å². The van der Waals surface area contributed by atoms with Crippen LogP contribution in [0.3, 0.4) is 0 Å². The fourth-order valence-electron chi connectivity index (χ4n) is 2.83. The van der Waals surface area contributed by atoms with E-state index in [1.54, 1.807) is 6.07 Å². The number of nitrogens with zero attached hydrogens (tertiary/aromatic N) is 1. The van der Waals surface area contributed by atoms with E-state index in [2.05, 4.69) is 5.32 Å². The van der Waals surface area contributed by atoms with Crippen LogP contribution in [-0.4, -0.2) is 38.6 Å². The average molecular weight is 312 g/mol. The van der Waals surface area contributed by atoms with Crippen molar-refractivity contribution in [2.45, 2.75) is 38.4 Å². The van der Waals surface area contributed by atoms with Gasteiger partial charge in [0.2, 0.25) is 0 Å². The van der Waals surface area contributed by atoms with Gasteiger partial charge in [-0.05, 0) is 43.5 Å². The van der Waals surface area contributed by atoms with Crippen LogP contribution in [0.15, 0.2) is 18.2 Å². The van der Waals surface area contributed by atoms with Gasteiger partial charge in [-0.2, -0.15) is 0 Å². The van der Waals surface area contributed by atoms with Gasteiger partial charge >= 0.3 is 0 Å². The SMILES string of the molecule is CC1CS(=O)(=O)CCN1c1cc(F)cc(CNC2CC2)c1. The van der Waals surface area contributed by atoms with Crippen LogP contribution in [0.1, 0.15) is 25.3 Å². The number of benzene rings is 1. The molecule has 2 aliphatic rings. The Kier molecular flexibility index (Phi) is 3.92. The Bertz CT molecular complexity index is 629. The van der Waals surface area contributed by atoms with Gasteiger partial charge in [0.05, 0.1) is 11.5 Å². The molecule has 1 saturated carbocycles. The van der Waals surface area contributed by atoms with Gasteiger partial charge in [-0.1, -0.05) is 0 Å². The third-order valence-corrected chi connectivity index (χ3v) is 5.91. The van der Waals surface area contributed by atoms with Gasteiger partial charge in [-0.3, -0.25) is 0 Å². The van der Waals surface area contributed by atoms with Gasteiger partial charge in [0.15, 0.2) is 9.84 Å². The van der Waals surface area contributed by atoms with Crippen molar-refractivity contribution in [3.05, 3.63) is 29.6 Å². The largest absolute Gasteiger partial charge is 0.367 e. The number of hydrogen-bond acceptors (Lipinski definition) is 4. The monoisotopic (exact) mass is 312 g/mol. The first-order valence-corrected chi connectivity index (χ1v) is 9.25. The molecule has 1 aromatic rings. The summed E-state index contributed by atoms with van der Waals surface area (Å²) in [5.74, 6) is 0.0172. The zero-order chi connectivity index (χ0) is 15.0. The van der Waals surface area contributed by atoms with Crippen molar-refractivity contribution in [2.24, 2.45) is 0 Å². The molecule has 1 aliphatic heterocycles.